The Kier molecular flexibility index (Phi) is 8.25. The Morgan fingerprint density at radius 3 is 2.29 bits per heavy atom. The summed E-state index contributed by atoms with van der Waals surface area (Å²) in [6.45, 7) is 12.8. The van der Waals surface area contributed by atoms with Crippen LogP contribution >= 0.6 is 22.6 Å². The third kappa shape index (κ3) is 8.82. The number of nitrogens with one attached hydrogen (secondary N) is 1. The fourth-order valence-corrected chi connectivity index (χ4v) is 3.47. The van der Waals surface area contributed by atoms with E-state index in [2.05, 4.69) is 86.8 Å². The highest BCUT2D eigenvalue weighted by atomic mass is 127. The summed E-state index contributed by atoms with van der Waals surface area (Å²) >= 11 is 2.37. The summed E-state index contributed by atoms with van der Waals surface area (Å²) in [7, 11) is 0. The van der Waals surface area contributed by atoms with E-state index < -0.39 is 0 Å². The van der Waals surface area contributed by atoms with Crippen LogP contribution in [0.3, 0.4) is 0 Å². The van der Waals surface area contributed by atoms with Crippen LogP contribution < -0.4 is 5.32 Å². The first kappa shape index (κ1) is 19.0. The van der Waals surface area contributed by atoms with Crippen LogP contribution in [0.15, 0.2) is 24.3 Å². The van der Waals surface area contributed by atoms with Crippen molar-refractivity contribution >= 4 is 22.6 Å². The molecular formula is C19H32IN. The molecule has 0 amide bonds. The molecule has 0 aliphatic carbocycles. The van der Waals surface area contributed by atoms with Crippen LogP contribution in [0, 0.1) is 14.9 Å². The van der Waals surface area contributed by atoms with E-state index in [0.717, 1.165) is 18.9 Å². The molecule has 1 N–H and O–H groups in total. The van der Waals surface area contributed by atoms with E-state index in [4.69, 9.17) is 0 Å². The number of benzene rings is 1. The SMILES string of the molecule is CCCNC(Cc1ccc(I)cc1)CC(C)CC(C)(C)C. The van der Waals surface area contributed by atoms with Crippen molar-refractivity contribution in [3.8, 4) is 0 Å². The molecule has 21 heavy (non-hydrogen) atoms. The number of hydrogen-bond donors (Lipinski definition) is 1. The van der Waals surface area contributed by atoms with E-state index in [9.17, 15) is 0 Å². The van der Waals surface area contributed by atoms with Crippen LogP contribution in [-0.2, 0) is 6.42 Å². The van der Waals surface area contributed by atoms with Crippen LogP contribution in [0.2, 0.25) is 0 Å². The zero-order chi connectivity index (χ0) is 15.9. The molecule has 1 aromatic rings. The molecule has 0 radical (unpaired) electrons. The van der Waals surface area contributed by atoms with E-state index in [-0.39, 0.29) is 0 Å². The lowest BCUT2D eigenvalue weighted by atomic mass is 9.82. The molecule has 0 bridgehead atoms. The minimum atomic E-state index is 0.428. The van der Waals surface area contributed by atoms with E-state index in [0.29, 0.717) is 11.5 Å². The van der Waals surface area contributed by atoms with Crippen LogP contribution in [0.5, 0.6) is 0 Å². The van der Waals surface area contributed by atoms with E-state index in [1.54, 1.807) is 0 Å². The van der Waals surface area contributed by atoms with Crippen molar-refractivity contribution in [1.82, 2.24) is 5.32 Å². The summed E-state index contributed by atoms with van der Waals surface area (Å²) in [4.78, 5) is 0. The van der Waals surface area contributed by atoms with E-state index in [1.807, 2.05) is 0 Å². The van der Waals surface area contributed by atoms with Crippen molar-refractivity contribution in [3.63, 3.8) is 0 Å². The van der Waals surface area contributed by atoms with Gasteiger partial charge >= 0.3 is 0 Å². The molecule has 1 aromatic carbocycles. The average Bonchev–Trinajstić information content (AvgIpc) is 2.36. The maximum Gasteiger partial charge on any atom is 0.0130 e. The number of halogens is 1. The van der Waals surface area contributed by atoms with Crippen LogP contribution in [0.25, 0.3) is 0 Å². The van der Waals surface area contributed by atoms with Crippen molar-refractivity contribution < 1.29 is 0 Å². The zero-order valence-electron chi connectivity index (χ0n) is 14.4. The van der Waals surface area contributed by atoms with Crippen LogP contribution in [-0.4, -0.2) is 12.6 Å². The normalized spacial score (nSPS) is 15.0. The highest BCUT2D eigenvalue weighted by molar-refractivity contribution is 14.1. The van der Waals surface area contributed by atoms with Crippen molar-refractivity contribution in [2.24, 2.45) is 11.3 Å². The summed E-state index contributed by atoms with van der Waals surface area (Å²) in [6, 6.07) is 9.58. The Morgan fingerprint density at radius 1 is 1.14 bits per heavy atom. The average molecular weight is 401 g/mol. The highest BCUT2D eigenvalue weighted by Crippen LogP contribution is 2.27. The fraction of sp³-hybridized carbons (Fsp3) is 0.684. The zero-order valence-corrected chi connectivity index (χ0v) is 16.5. The molecule has 2 atom stereocenters. The Balaban J connectivity index is 2.60. The molecular weight excluding hydrogens is 369 g/mol. The van der Waals surface area contributed by atoms with Crippen LogP contribution in [0.4, 0.5) is 0 Å². The lowest BCUT2D eigenvalue weighted by Crippen LogP contribution is -2.34. The predicted octanol–water partition coefficient (Wildman–Crippen LogP) is 5.66. The van der Waals surface area contributed by atoms with Gasteiger partial charge in [0.2, 0.25) is 0 Å². The lowest BCUT2D eigenvalue weighted by Gasteiger charge is -2.27. The molecule has 0 aliphatic rings. The summed E-state index contributed by atoms with van der Waals surface area (Å²) in [6.07, 6.45) is 4.91. The third-order valence-corrected chi connectivity index (χ3v) is 4.45. The fourth-order valence-electron chi connectivity index (χ4n) is 3.11. The monoisotopic (exact) mass is 401 g/mol. The van der Waals surface area contributed by atoms with Gasteiger partial charge in [0.05, 0.1) is 0 Å². The molecule has 1 nitrogen and oxygen atoms in total. The van der Waals surface area contributed by atoms with Gasteiger partial charge in [-0.25, -0.2) is 0 Å². The summed E-state index contributed by atoms with van der Waals surface area (Å²) in [5.74, 6) is 0.767. The molecule has 2 heteroatoms. The second kappa shape index (κ2) is 9.14. The first-order valence-corrected chi connectivity index (χ1v) is 9.36. The molecule has 2 unspecified atom stereocenters. The Morgan fingerprint density at radius 2 is 1.76 bits per heavy atom. The molecule has 0 heterocycles. The second-order valence-electron chi connectivity index (χ2n) is 7.59. The first-order chi connectivity index (χ1) is 9.80. The van der Waals surface area contributed by atoms with Crippen molar-refractivity contribution in [2.75, 3.05) is 6.54 Å². The summed E-state index contributed by atoms with van der Waals surface area (Å²) < 4.78 is 1.32. The quantitative estimate of drug-likeness (QED) is 0.554. The minimum Gasteiger partial charge on any atom is -0.314 e. The largest absolute Gasteiger partial charge is 0.314 e. The molecule has 0 aliphatic heterocycles. The number of hydrogen-bond acceptors (Lipinski definition) is 1. The van der Waals surface area contributed by atoms with Gasteiger partial charge in [-0.1, -0.05) is 46.8 Å². The van der Waals surface area contributed by atoms with Gasteiger partial charge in [0.1, 0.15) is 0 Å². The highest BCUT2D eigenvalue weighted by Gasteiger charge is 2.19. The smallest absolute Gasteiger partial charge is 0.0130 e. The number of rotatable bonds is 8. The molecule has 0 saturated heterocycles. The maximum absolute atomic E-state index is 3.75. The van der Waals surface area contributed by atoms with Crippen LogP contribution in [0.1, 0.15) is 59.4 Å². The second-order valence-corrected chi connectivity index (χ2v) is 8.83. The van der Waals surface area contributed by atoms with Gasteiger partial charge in [-0.15, -0.1) is 0 Å². The van der Waals surface area contributed by atoms with Gasteiger partial charge in [-0.3, -0.25) is 0 Å². The minimum absolute atomic E-state index is 0.428. The van der Waals surface area contributed by atoms with Gasteiger partial charge in [0.15, 0.2) is 0 Å². The maximum atomic E-state index is 3.75. The molecule has 0 spiro atoms. The van der Waals surface area contributed by atoms with Crippen molar-refractivity contribution in [1.29, 1.82) is 0 Å². The third-order valence-electron chi connectivity index (χ3n) is 3.73. The Hall–Kier alpha value is -0.0900. The topological polar surface area (TPSA) is 12.0 Å². The predicted molar refractivity (Wildman–Crippen MR) is 103 cm³/mol. The summed E-state index contributed by atoms with van der Waals surface area (Å²) in [5.41, 5.74) is 1.88. The first-order valence-electron chi connectivity index (χ1n) is 8.28. The Labute approximate surface area is 145 Å². The van der Waals surface area contributed by atoms with Crippen molar-refractivity contribution in [2.45, 2.75) is 66.3 Å². The van der Waals surface area contributed by atoms with Gasteiger partial charge in [-0.05, 0) is 83.8 Å². The molecule has 120 valence electrons. The van der Waals surface area contributed by atoms with E-state index in [1.165, 1.54) is 28.4 Å². The standard InChI is InChI=1S/C19H32IN/c1-6-11-21-18(12-15(2)14-19(3,4)5)13-16-7-9-17(20)10-8-16/h7-10,15,18,21H,6,11-14H2,1-5H3. The van der Waals surface area contributed by atoms with E-state index >= 15 is 0 Å². The lowest BCUT2D eigenvalue weighted by molar-refractivity contribution is 0.274. The molecule has 0 aromatic heterocycles. The summed E-state index contributed by atoms with van der Waals surface area (Å²) in [5, 5.41) is 3.75. The molecule has 0 fully saturated rings. The molecule has 1 rings (SSSR count). The van der Waals surface area contributed by atoms with Gasteiger partial charge < -0.3 is 5.32 Å². The Bertz CT molecular complexity index is 391. The van der Waals surface area contributed by atoms with Gasteiger partial charge in [0.25, 0.3) is 0 Å². The van der Waals surface area contributed by atoms with Crippen molar-refractivity contribution in [3.05, 3.63) is 33.4 Å². The molecule has 0 saturated carbocycles. The van der Waals surface area contributed by atoms with Gasteiger partial charge in [-0.2, -0.15) is 0 Å². The van der Waals surface area contributed by atoms with Gasteiger partial charge in [0, 0.05) is 9.61 Å².